The molecule has 0 heterocycles. The third-order valence-electron chi connectivity index (χ3n) is 1.90. The summed E-state index contributed by atoms with van der Waals surface area (Å²) in [7, 11) is 0. The largest absolute Gasteiger partial charge is 0.494 e. The highest BCUT2D eigenvalue weighted by Gasteiger charge is 2.43. The Hall–Kier alpha value is -0.500. The molecular formula is C9H17NO. The molecule has 64 valence electrons. The summed E-state index contributed by atoms with van der Waals surface area (Å²) in [5.41, 5.74) is 5.84. The van der Waals surface area contributed by atoms with Crippen molar-refractivity contribution in [2.24, 2.45) is 5.73 Å². The first-order valence-corrected chi connectivity index (χ1v) is 4.21. The van der Waals surface area contributed by atoms with Crippen molar-refractivity contribution in [3.05, 3.63) is 11.8 Å². The van der Waals surface area contributed by atoms with Gasteiger partial charge in [-0.05, 0) is 39.7 Å². The van der Waals surface area contributed by atoms with Crippen LogP contribution in [0.5, 0.6) is 0 Å². The van der Waals surface area contributed by atoms with Crippen LogP contribution in [-0.2, 0) is 4.74 Å². The van der Waals surface area contributed by atoms with Gasteiger partial charge in [-0.25, -0.2) is 0 Å². The molecule has 0 amide bonds. The van der Waals surface area contributed by atoms with Gasteiger partial charge in [0.2, 0.25) is 0 Å². The molecule has 0 aromatic rings. The molecule has 0 aliphatic heterocycles. The van der Waals surface area contributed by atoms with Crippen molar-refractivity contribution >= 4 is 0 Å². The van der Waals surface area contributed by atoms with Crippen molar-refractivity contribution in [1.82, 2.24) is 0 Å². The summed E-state index contributed by atoms with van der Waals surface area (Å²) in [6, 6.07) is 0. The van der Waals surface area contributed by atoms with Crippen LogP contribution in [0.15, 0.2) is 11.8 Å². The van der Waals surface area contributed by atoms with E-state index in [0.717, 1.165) is 18.6 Å². The quantitative estimate of drug-likeness (QED) is 0.631. The standard InChI is InChI=1S/C9H17NO/c1-4-8(11-7(2)3)9(10)5-6-9/h4,7H,5-6,10H2,1-3H3/b8-4+. The molecule has 0 spiro atoms. The molecule has 1 aliphatic carbocycles. The topological polar surface area (TPSA) is 35.2 Å². The zero-order chi connectivity index (χ0) is 8.48. The Morgan fingerprint density at radius 1 is 1.55 bits per heavy atom. The third kappa shape index (κ3) is 1.96. The van der Waals surface area contributed by atoms with Crippen LogP contribution in [0.1, 0.15) is 33.6 Å². The van der Waals surface area contributed by atoms with Crippen molar-refractivity contribution in [2.75, 3.05) is 0 Å². The van der Waals surface area contributed by atoms with Crippen molar-refractivity contribution in [3.63, 3.8) is 0 Å². The Kier molecular flexibility index (Phi) is 2.23. The number of ether oxygens (including phenoxy) is 1. The molecule has 11 heavy (non-hydrogen) atoms. The number of allylic oxidation sites excluding steroid dienone is 1. The summed E-state index contributed by atoms with van der Waals surface area (Å²) in [6.07, 6.45) is 4.36. The van der Waals surface area contributed by atoms with E-state index in [4.69, 9.17) is 10.5 Å². The first-order chi connectivity index (χ1) is 5.08. The molecule has 1 aliphatic rings. The fourth-order valence-electron chi connectivity index (χ4n) is 1.11. The van der Waals surface area contributed by atoms with Crippen molar-refractivity contribution in [1.29, 1.82) is 0 Å². The summed E-state index contributed by atoms with van der Waals surface area (Å²) in [4.78, 5) is 0. The maximum atomic E-state index is 5.96. The summed E-state index contributed by atoms with van der Waals surface area (Å²) in [5.74, 6) is 0.965. The number of hydrogen-bond acceptors (Lipinski definition) is 2. The molecular weight excluding hydrogens is 138 g/mol. The molecule has 2 heteroatoms. The van der Waals surface area contributed by atoms with Crippen LogP contribution in [-0.4, -0.2) is 11.6 Å². The van der Waals surface area contributed by atoms with Crippen LogP contribution >= 0.6 is 0 Å². The van der Waals surface area contributed by atoms with Gasteiger partial charge in [0.1, 0.15) is 5.76 Å². The minimum atomic E-state index is -0.112. The highest BCUT2D eigenvalue weighted by Crippen LogP contribution is 2.40. The molecule has 1 rings (SSSR count). The summed E-state index contributed by atoms with van der Waals surface area (Å²) < 4.78 is 5.56. The Labute approximate surface area is 68.4 Å². The lowest BCUT2D eigenvalue weighted by Crippen LogP contribution is -2.27. The lowest BCUT2D eigenvalue weighted by Gasteiger charge is -2.18. The van der Waals surface area contributed by atoms with Crippen LogP contribution in [0, 0.1) is 0 Å². The maximum Gasteiger partial charge on any atom is 0.112 e. The van der Waals surface area contributed by atoms with Crippen molar-refractivity contribution in [3.8, 4) is 0 Å². The normalized spacial score (nSPS) is 22.1. The minimum absolute atomic E-state index is 0.112. The van der Waals surface area contributed by atoms with E-state index in [2.05, 4.69) is 0 Å². The van der Waals surface area contributed by atoms with Crippen LogP contribution < -0.4 is 5.73 Å². The van der Waals surface area contributed by atoms with Gasteiger partial charge in [-0.2, -0.15) is 0 Å². The predicted octanol–water partition coefficient (Wildman–Crippen LogP) is 1.81. The zero-order valence-corrected chi connectivity index (χ0v) is 7.55. The van der Waals surface area contributed by atoms with Gasteiger partial charge >= 0.3 is 0 Å². The molecule has 2 nitrogen and oxygen atoms in total. The second-order valence-electron chi connectivity index (χ2n) is 3.48. The van der Waals surface area contributed by atoms with E-state index in [-0.39, 0.29) is 11.6 Å². The van der Waals surface area contributed by atoms with E-state index >= 15 is 0 Å². The van der Waals surface area contributed by atoms with Gasteiger partial charge in [0.05, 0.1) is 11.6 Å². The number of hydrogen-bond donors (Lipinski definition) is 1. The number of rotatable bonds is 3. The summed E-state index contributed by atoms with van der Waals surface area (Å²) in [5, 5.41) is 0. The van der Waals surface area contributed by atoms with Crippen molar-refractivity contribution < 1.29 is 4.74 Å². The Morgan fingerprint density at radius 2 is 2.09 bits per heavy atom. The summed E-state index contributed by atoms with van der Waals surface area (Å²) >= 11 is 0. The highest BCUT2D eigenvalue weighted by molar-refractivity contribution is 5.21. The molecule has 1 saturated carbocycles. The molecule has 0 saturated heterocycles. The smallest absolute Gasteiger partial charge is 0.112 e. The van der Waals surface area contributed by atoms with E-state index in [0.29, 0.717) is 0 Å². The van der Waals surface area contributed by atoms with Crippen LogP contribution in [0.2, 0.25) is 0 Å². The Bertz CT molecular complexity index is 168. The first-order valence-electron chi connectivity index (χ1n) is 4.21. The molecule has 2 N–H and O–H groups in total. The zero-order valence-electron chi connectivity index (χ0n) is 7.55. The fraction of sp³-hybridized carbons (Fsp3) is 0.778. The Morgan fingerprint density at radius 3 is 2.36 bits per heavy atom. The van der Waals surface area contributed by atoms with E-state index < -0.39 is 0 Å². The summed E-state index contributed by atoms with van der Waals surface area (Å²) in [6.45, 7) is 6.02. The van der Waals surface area contributed by atoms with E-state index in [1.54, 1.807) is 0 Å². The van der Waals surface area contributed by atoms with Gasteiger partial charge in [0.25, 0.3) is 0 Å². The van der Waals surface area contributed by atoms with Crippen molar-refractivity contribution in [2.45, 2.75) is 45.3 Å². The third-order valence-corrected chi connectivity index (χ3v) is 1.90. The Balaban J connectivity index is 2.51. The molecule has 0 atom stereocenters. The van der Waals surface area contributed by atoms with Crippen LogP contribution in [0.25, 0.3) is 0 Å². The molecule has 0 radical (unpaired) electrons. The number of nitrogens with two attached hydrogens (primary N) is 1. The van der Waals surface area contributed by atoms with Gasteiger partial charge in [-0.15, -0.1) is 0 Å². The van der Waals surface area contributed by atoms with Crippen LogP contribution in [0.3, 0.4) is 0 Å². The monoisotopic (exact) mass is 155 g/mol. The van der Waals surface area contributed by atoms with Gasteiger partial charge in [-0.1, -0.05) is 0 Å². The van der Waals surface area contributed by atoms with E-state index in [1.807, 2.05) is 26.8 Å². The lowest BCUT2D eigenvalue weighted by molar-refractivity contribution is 0.129. The SMILES string of the molecule is C/C=C(/OC(C)C)C1(N)CC1. The molecule has 1 fully saturated rings. The maximum absolute atomic E-state index is 5.96. The molecule has 0 unspecified atom stereocenters. The average Bonchev–Trinajstić information content (AvgIpc) is 2.63. The van der Waals surface area contributed by atoms with Gasteiger partial charge in [0.15, 0.2) is 0 Å². The second kappa shape index (κ2) is 2.86. The minimum Gasteiger partial charge on any atom is -0.494 e. The predicted molar refractivity (Wildman–Crippen MR) is 46.1 cm³/mol. The molecule has 0 aromatic carbocycles. The van der Waals surface area contributed by atoms with Gasteiger partial charge < -0.3 is 10.5 Å². The van der Waals surface area contributed by atoms with E-state index in [9.17, 15) is 0 Å². The highest BCUT2D eigenvalue weighted by atomic mass is 16.5. The average molecular weight is 155 g/mol. The van der Waals surface area contributed by atoms with Gasteiger partial charge in [-0.3, -0.25) is 0 Å². The molecule has 0 aromatic heterocycles. The fourth-order valence-corrected chi connectivity index (χ4v) is 1.11. The lowest BCUT2D eigenvalue weighted by atomic mass is 10.2. The first kappa shape index (κ1) is 8.60. The van der Waals surface area contributed by atoms with Gasteiger partial charge in [0, 0.05) is 0 Å². The van der Waals surface area contributed by atoms with E-state index in [1.165, 1.54) is 0 Å². The second-order valence-corrected chi connectivity index (χ2v) is 3.48. The van der Waals surface area contributed by atoms with Crippen LogP contribution in [0.4, 0.5) is 0 Å². The molecule has 0 bridgehead atoms.